The summed E-state index contributed by atoms with van der Waals surface area (Å²) in [6, 6.07) is 1.26. The molecule has 0 radical (unpaired) electrons. The van der Waals surface area contributed by atoms with Crippen LogP contribution in [0, 0.1) is 17.5 Å². The van der Waals surface area contributed by atoms with Gasteiger partial charge in [-0.2, -0.15) is 0 Å². The summed E-state index contributed by atoms with van der Waals surface area (Å²) in [5.41, 5.74) is -0.124. The number of benzene rings is 1. The largest absolute Gasteiger partial charge is 1.00 e. The van der Waals surface area contributed by atoms with Crippen LogP contribution in [0.2, 0.25) is 5.82 Å². The van der Waals surface area contributed by atoms with Crippen LogP contribution < -0.4 is 51.4 Å². The summed E-state index contributed by atoms with van der Waals surface area (Å²) < 4.78 is 74.9. The Bertz CT molecular complexity index is 409. The van der Waals surface area contributed by atoms with Crippen LogP contribution in [-0.4, -0.2) is 6.98 Å². The topological polar surface area (TPSA) is 0 Å². The molecule has 1 saturated carbocycles. The van der Waals surface area contributed by atoms with Gasteiger partial charge in [-0.05, 0) is 23.6 Å². The Morgan fingerprint density at radius 1 is 1.00 bits per heavy atom. The van der Waals surface area contributed by atoms with Crippen molar-refractivity contribution in [1.82, 2.24) is 0 Å². The summed E-state index contributed by atoms with van der Waals surface area (Å²) >= 11 is 0. The van der Waals surface area contributed by atoms with Gasteiger partial charge in [0.15, 0.2) is 17.5 Å². The Balaban J connectivity index is 0.00000144. The van der Waals surface area contributed by atoms with Gasteiger partial charge in [0.1, 0.15) is 0 Å². The predicted octanol–water partition coefficient (Wildman–Crippen LogP) is 0.813. The van der Waals surface area contributed by atoms with Crippen molar-refractivity contribution in [2.45, 2.75) is 18.2 Å². The zero-order valence-corrected chi connectivity index (χ0v) is 12.0. The molecule has 1 aromatic rings. The van der Waals surface area contributed by atoms with Gasteiger partial charge < -0.3 is 12.9 Å². The molecule has 0 heterocycles. The standard InChI is InChI=1S/C9H6BF6.K/c11-7-1-4(2-8(12)9(7)13)5-3-6(5)10(14,15)16;/h1-2,5-6H,3H2;/q-1;+1/t5-,6+;/m0./s1. The maximum atomic E-state index is 12.8. The van der Waals surface area contributed by atoms with Crippen LogP contribution in [0.25, 0.3) is 0 Å². The van der Waals surface area contributed by atoms with E-state index in [0.29, 0.717) is 12.1 Å². The van der Waals surface area contributed by atoms with Crippen molar-refractivity contribution in [3.8, 4) is 0 Å². The average Bonchev–Trinajstić information content (AvgIpc) is 2.91. The summed E-state index contributed by atoms with van der Waals surface area (Å²) in [6.07, 6.45) is -0.173. The molecular weight excluding hydrogens is 272 g/mol. The van der Waals surface area contributed by atoms with Crippen molar-refractivity contribution in [1.29, 1.82) is 0 Å². The zero-order valence-electron chi connectivity index (χ0n) is 8.86. The van der Waals surface area contributed by atoms with Gasteiger partial charge in [0, 0.05) is 0 Å². The number of hydrogen-bond donors (Lipinski definition) is 0. The SMILES string of the molecule is Fc1cc([C@@H]2C[C@H]2[B-](F)(F)F)cc(F)c1F.[K+]. The Morgan fingerprint density at radius 3 is 1.82 bits per heavy atom. The summed E-state index contributed by atoms with van der Waals surface area (Å²) in [5.74, 6) is -6.99. The van der Waals surface area contributed by atoms with E-state index in [4.69, 9.17) is 0 Å². The Kier molecular flexibility index (Phi) is 4.80. The third-order valence-electron chi connectivity index (χ3n) is 2.76. The minimum absolute atomic E-state index is 0. The summed E-state index contributed by atoms with van der Waals surface area (Å²) in [6.45, 7) is -4.99. The second-order valence-electron chi connectivity index (χ2n) is 3.93. The van der Waals surface area contributed by atoms with Crippen LogP contribution in [0.1, 0.15) is 17.9 Å². The molecule has 2 rings (SSSR count). The molecule has 0 bridgehead atoms. The molecule has 88 valence electrons. The molecular formula is C9H6BF6K. The third kappa shape index (κ3) is 3.28. The summed E-state index contributed by atoms with van der Waals surface area (Å²) in [4.78, 5) is 0. The molecule has 0 saturated heterocycles. The Morgan fingerprint density at radius 2 is 1.47 bits per heavy atom. The first kappa shape index (κ1) is 15.6. The van der Waals surface area contributed by atoms with E-state index >= 15 is 0 Å². The Labute approximate surface area is 136 Å². The van der Waals surface area contributed by atoms with E-state index in [9.17, 15) is 26.1 Å². The monoisotopic (exact) mass is 278 g/mol. The van der Waals surface area contributed by atoms with Crippen LogP contribution >= 0.6 is 0 Å². The van der Waals surface area contributed by atoms with E-state index in [2.05, 4.69) is 0 Å². The first-order valence-electron chi connectivity index (χ1n) is 4.65. The van der Waals surface area contributed by atoms with Crippen LogP contribution in [0.3, 0.4) is 0 Å². The second kappa shape index (κ2) is 5.24. The smallest absolute Gasteiger partial charge is 0.449 e. The van der Waals surface area contributed by atoms with Gasteiger partial charge in [0.25, 0.3) is 0 Å². The van der Waals surface area contributed by atoms with E-state index in [0.717, 1.165) is 0 Å². The molecule has 8 heteroatoms. The number of halogens is 6. The van der Waals surface area contributed by atoms with Crippen LogP contribution in [0.15, 0.2) is 12.1 Å². The molecule has 0 spiro atoms. The molecule has 2 atom stereocenters. The molecule has 0 aromatic heterocycles. The molecule has 0 amide bonds. The minimum Gasteiger partial charge on any atom is -0.449 e. The third-order valence-corrected chi connectivity index (χ3v) is 2.76. The zero-order chi connectivity index (χ0) is 12.1. The molecule has 0 unspecified atom stereocenters. The van der Waals surface area contributed by atoms with E-state index < -0.39 is 36.2 Å². The van der Waals surface area contributed by atoms with Crippen LogP contribution in [-0.2, 0) is 0 Å². The van der Waals surface area contributed by atoms with E-state index in [1.807, 2.05) is 0 Å². The van der Waals surface area contributed by atoms with Gasteiger partial charge in [-0.3, -0.25) is 0 Å². The summed E-state index contributed by atoms with van der Waals surface area (Å²) in [7, 11) is 0. The maximum absolute atomic E-state index is 12.8. The van der Waals surface area contributed by atoms with Crippen LogP contribution in [0.4, 0.5) is 26.1 Å². The van der Waals surface area contributed by atoms with Crippen molar-refractivity contribution in [2.24, 2.45) is 0 Å². The molecule has 1 fully saturated rings. The van der Waals surface area contributed by atoms with Crippen LogP contribution in [0.5, 0.6) is 0 Å². The fourth-order valence-corrected chi connectivity index (χ4v) is 1.80. The van der Waals surface area contributed by atoms with Crippen molar-refractivity contribution in [3.63, 3.8) is 0 Å². The minimum atomic E-state index is -4.99. The van der Waals surface area contributed by atoms with Gasteiger partial charge in [-0.1, -0.05) is 12.2 Å². The van der Waals surface area contributed by atoms with E-state index in [1.165, 1.54) is 0 Å². The van der Waals surface area contributed by atoms with Gasteiger partial charge in [0.05, 0.1) is 0 Å². The van der Waals surface area contributed by atoms with Gasteiger partial charge in [-0.15, -0.1) is 0 Å². The molecule has 1 aliphatic carbocycles. The summed E-state index contributed by atoms with van der Waals surface area (Å²) in [5, 5.41) is 0. The van der Waals surface area contributed by atoms with Crippen molar-refractivity contribution < 1.29 is 77.5 Å². The average molecular weight is 278 g/mol. The predicted molar refractivity (Wildman–Crippen MR) is 46.5 cm³/mol. The number of hydrogen-bond acceptors (Lipinski definition) is 0. The molecule has 17 heavy (non-hydrogen) atoms. The van der Waals surface area contributed by atoms with E-state index in [-0.39, 0.29) is 63.4 Å². The van der Waals surface area contributed by atoms with Crippen molar-refractivity contribution in [3.05, 3.63) is 35.1 Å². The van der Waals surface area contributed by atoms with Gasteiger partial charge in [0.2, 0.25) is 0 Å². The molecule has 0 aliphatic heterocycles. The number of rotatable bonds is 2. The molecule has 0 nitrogen and oxygen atoms in total. The quantitative estimate of drug-likeness (QED) is 0.427. The van der Waals surface area contributed by atoms with E-state index in [1.54, 1.807) is 0 Å². The fourth-order valence-electron chi connectivity index (χ4n) is 1.80. The first-order valence-corrected chi connectivity index (χ1v) is 4.65. The maximum Gasteiger partial charge on any atom is 1.00 e. The molecule has 1 aliphatic rings. The van der Waals surface area contributed by atoms with Crippen molar-refractivity contribution >= 4 is 6.98 Å². The van der Waals surface area contributed by atoms with Gasteiger partial charge in [-0.25, -0.2) is 13.2 Å². The normalized spacial score (nSPS) is 23.2. The van der Waals surface area contributed by atoms with Crippen molar-refractivity contribution in [2.75, 3.05) is 0 Å². The Hall–Kier alpha value is 0.501. The first-order chi connectivity index (χ1) is 7.30. The molecule has 1 aromatic carbocycles. The molecule has 0 N–H and O–H groups in total. The van der Waals surface area contributed by atoms with Gasteiger partial charge >= 0.3 is 58.4 Å². The second-order valence-corrected chi connectivity index (χ2v) is 3.93. The fraction of sp³-hybridized carbons (Fsp3) is 0.333.